The first-order valence-electron chi connectivity index (χ1n) is 4.50. The van der Waals surface area contributed by atoms with Crippen LogP contribution in [-0.4, -0.2) is 4.98 Å². The lowest BCUT2D eigenvalue weighted by Crippen LogP contribution is -2.15. The molecule has 0 N–H and O–H groups in total. The second-order valence-corrected chi connectivity index (χ2v) is 3.32. The van der Waals surface area contributed by atoms with Crippen LogP contribution in [0.3, 0.4) is 0 Å². The van der Waals surface area contributed by atoms with Gasteiger partial charge in [-0.1, -0.05) is 0 Å². The molecule has 1 rings (SSSR count). The monoisotopic (exact) mass is 250 g/mol. The summed E-state index contributed by atoms with van der Waals surface area (Å²) in [5.41, 5.74) is -3.26. The zero-order valence-electron chi connectivity index (χ0n) is 8.65. The van der Waals surface area contributed by atoms with Crippen molar-refractivity contribution in [3.05, 3.63) is 28.6 Å². The number of pyridine rings is 1. The molecule has 1 aromatic rings. The van der Waals surface area contributed by atoms with Gasteiger partial charge in [-0.05, 0) is 18.6 Å². The lowest BCUT2D eigenvalue weighted by atomic mass is 10.0. The third kappa shape index (κ3) is 2.90. The van der Waals surface area contributed by atoms with Crippen LogP contribution in [-0.2, 0) is 12.6 Å². The smallest absolute Gasteiger partial charge is 0.252 e. The van der Waals surface area contributed by atoms with Gasteiger partial charge in [0.15, 0.2) is 0 Å². The molecule has 0 atom stereocenters. The second kappa shape index (κ2) is 4.65. The van der Waals surface area contributed by atoms with Crippen molar-refractivity contribution in [3.8, 4) is 6.07 Å². The Labute approximate surface area is 93.7 Å². The van der Waals surface area contributed by atoms with Gasteiger partial charge in [0.2, 0.25) is 0 Å². The predicted octanol–water partition coefficient (Wildman–Crippen LogP) is 3.41. The van der Waals surface area contributed by atoms with Crippen molar-refractivity contribution in [2.24, 2.45) is 0 Å². The number of alkyl halides is 5. The fourth-order valence-electron chi connectivity index (χ4n) is 1.48. The molecule has 0 spiro atoms. The lowest BCUT2D eigenvalue weighted by Gasteiger charge is -2.15. The first-order chi connectivity index (χ1) is 7.77. The van der Waals surface area contributed by atoms with Gasteiger partial charge in [0, 0.05) is 5.69 Å². The van der Waals surface area contributed by atoms with E-state index in [-0.39, 0.29) is 5.69 Å². The summed E-state index contributed by atoms with van der Waals surface area (Å²) in [5, 5.41) is 8.40. The Morgan fingerprint density at radius 3 is 2.41 bits per heavy atom. The Balaban J connectivity index is 3.54. The fraction of sp³-hybridized carbons (Fsp3) is 0.400. The van der Waals surface area contributed by atoms with E-state index in [0.29, 0.717) is 0 Å². The molecule has 1 heterocycles. The molecule has 0 aliphatic heterocycles. The maximum absolute atomic E-state index is 12.6. The fourth-order valence-corrected chi connectivity index (χ4v) is 1.48. The lowest BCUT2D eigenvalue weighted by molar-refractivity contribution is -0.140. The molecule has 0 amide bonds. The minimum atomic E-state index is -4.95. The standard InChI is InChI=1S/C10H7F5N2/c1-5-4-6(2-3-16)7(10(13,14)15)8(17-5)9(11)12/h4,9H,2H2,1H3. The Morgan fingerprint density at radius 1 is 1.41 bits per heavy atom. The molecular weight excluding hydrogens is 243 g/mol. The largest absolute Gasteiger partial charge is 0.418 e. The van der Waals surface area contributed by atoms with E-state index in [2.05, 4.69) is 4.98 Å². The number of halogens is 5. The van der Waals surface area contributed by atoms with Crippen molar-refractivity contribution >= 4 is 0 Å². The summed E-state index contributed by atoms with van der Waals surface area (Å²) >= 11 is 0. The van der Waals surface area contributed by atoms with Crippen molar-refractivity contribution in [3.63, 3.8) is 0 Å². The van der Waals surface area contributed by atoms with E-state index < -0.39 is 35.8 Å². The van der Waals surface area contributed by atoms with Gasteiger partial charge < -0.3 is 0 Å². The van der Waals surface area contributed by atoms with Gasteiger partial charge in [-0.25, -0.2) is 8.78 Å². The first kappa shape index (κ1) is 13.4. The maximum Gasteiger partial charge on any atom is 0.418 e. The molecule has 0 saturated carbocycles. The average Bonchev–Trinajstić information content (AvgIpc) is 2.14. The Morgan fingerprint density at radius 2 is 2.00 bits per heavy atom. The van der Waals surface area contributed by atoms with E-state index in [0.717, 1.165) is 6.07 Å². The van der Waals surface area contributed by atoms with Gasteiger partial charge in [0.25, 0.3) is 6.43 Å². The molecule has 7 heteroatoms. The molecule has 0 fully saturated rings. The zero-order chi connectivity index (χ0) is 13.2. The number of aromatic nitrogens is 1. The van der Waals surface area contributed by atoms with Crippen molar-refractivity contribution in [2.45, 2.75) is 25.9 Å². The first-order valence-corrected chi connectivity index (χ1v) is 4.50. The Bertz CT molecular complexity index is 459. The van der Waals surface area contributed by atoms with Crippen LogP contribution in [0.4, 0.5) is 22.0 Å². The Kier molecular flexibility index (Phi) is 3.66. The molecular formula is C10H7F5N2. The van der Waals surface area contributed by atoms with Crippen LogP contribution in [0, 0.1) is 18.3 Å². The number of hydrogen-bond acceptors (Lipinski definition) is 2. The third-order valence-corrected chi connectivity index (χ3v) is 2.02. The zero-order valence-corrected chi connectivity index (χ0v) is 8.65. The van der Waals surface area contributed by atoms with E-state index in [9.17, 15) is 22.0 Å². The van der Waals surface area contributed by atoms with Crippen LogP contribution in [0.1, 0.15) is 28.9 Å². The predicted molar refractivity (Wildman–Crippen MR) is 48.3 cm³/mol. The quantitative estimate of drug-likeness (QED) is 0.754. The summed E-state index contributed by atoms with van der Waals surface area (Å²) in [6.45, 7) is 1.30. The highest BCUT2D eigenvalue weighted by molar-refractivity contribution is 5.37. The SMILES string of the molecule is Cc1cc(CC#N)c(C(F)(F)F)c(C(F)F)n1. The van der Waals surface area contributed by atoms with E-state index >= 15 is 0 Å². The molecule has 17 heavy (non-hydrogen) atoms. The average molecular weight is 250 g/mol. The number of aryl methyl sites for hydroxylation is 1. The number of nitrogens with zero attached hydrogens (tertiary/aromatic N) is 2. The minimum Gasteiger partial charge on any atom is -0.252 e. The van der Waals surface area contributed by atoms with E-state index in [1.54, 1.807) is 0 Å². The molecule has 2 nitrogen and oxygen atoms in total. The molecule has 92 valence electrons. The molecule has 0 bridgehead atoms. The van der Waals surface area contributed by atoms with E-state index in [1.165, 1.54) is 13.0 Å². The maximum atomic E-state index is 12.6. The van der Waals surface area contributed by atoms with Crippen LogP contribution in [0.5, 0.6) is 0 Å². The Hall–Kier alpha value is -1.71. The van der Waals surface area contributed by atoms with Gasteiger partial charge >= 0.3 is 6.18 Å². The molecule has 0 aliphatic carbocycles. The summed E-state index contributed by atoms with van der Waals surface area (Å²) in [4.78, 5) is 3.20. The number of hydrogen-bond donors (Lipinski definition) is 0. The normalized spacial score (nSPS) is 11.6. The molecule has 1 aromatic heterocycles. The van der Waals surface area contributed by atoms with Crippen LogP contribution in [0.15, 0.2) is 6.07 Å². The van der Waals surface area contributed by atoms with Gasteiger partial charge in [-0.3, -0.25) is 4.98 Å². The van der Waals surface area contributed by atoms with E-state index in [4.69, 9.17) is 5.26 Å². The van der Waals surface area contributed by atoms with Crippen LogP contribution in [0.2, 0.25) is 0 Å². The summed E-state index contributed by atoms with van der Waals surface area (Å²) < 4.78 is 63.0. The van der Waals surface area contributed by atoms with Crippen molar-refractivity contribution in [1.82, 2.24) is 4.98 Å². The third-order valence-electron chi connectivity index (χ3n) is 2.02. The molecule has 0 aromatic carbocycles. The highest BCUT2D eigenvalue weighted by Crippen LogP contribution is 2.38. The van der Waals surface area contributed by atoms with Gasteiger partial charge in [0.1, 0.15) is 5.69 Å². The molecule has 0 unspecified atom stereocenters. The topological polar surface area (TPSA) is 36.7 Å². The highest BCUT2D eigenvalue weighted by Gasteiger charge is 2.39. The van der Waals surface area contributed by atoms with Crippen molar-refractivity contribution in [2.75, 3.05) is 0 Å². The van der Waals surface area contributed by atoms with Crippen molar-refractivity contribution < 1.29 is 22.0 Å². The van der Waals surface area contributed by atoms with Crippen LogP contribution >= 0.6 is 0 Å². The van der Waals surface area contributed by atoms with Gasteiger partial charge in [0.05, 0.1) is 18.1 Å². The molecule has 0 radical (unpaired) electrons. The number of rotatable bonds is 2. The van der Waals surface area contributed by atoms with Crippen LogP contribution < -0.4 is 0 Å². The summed E-state index contributed by atoms with van der Waals surface area (Å²) in [7, 11) is 0. The molecule has 0 aliphatic rings. The van der Waals surface area contributed by atoms with Crippen molar-refractivity contribution in [1.29, 1.82) is 5.26 Å². The summed E-state index contributed by atoms with van der Waals surface area (Å²) in [6, 6.07) is 2.52. The summed E-state index contributed by atoms with van der Waals surface area (Å²) in [6.07, 6.45) is -8.86. The van der Waals surface area contributed by atoms with Gasteiger partial charge in [-0.15, -0.1) is 0 Å². The highest BCUT2D eigenvalue weighted by atomic mass is 19.4. The molecule has 0 saturated heterocycles. The van der Waals surface area contributed by atoms with Gasteiger partial charge in [-0.2, -0.15) is 18.4 Å². The summed E-state index contributed by atoms with van der Waals surface area (Å²) in [5.74, 6) is 0. The number of nitriles is 1. The van der Waals surface area contributed by atoms with E-state index in [1.807, 2.05) is 0 Å². The van der Waals surface area contributed by atoms with Crippen LogP contribution in [0.25, 0.3) is 0 Å². The second-order valence-electron chi connectivity index (χ2n) is 3.32. The minimum absolute atomic E-state index is 0.0264.